The van der Waals surface area contributed by atoms with Gasteiger partial charge in [0.2, 0.25) is 17.5 Å². The summed E-state index contributed by atoms with van der Waals surface area (Å²) in [5.74, 6) is -5.92. The molecule has 1 aliphatic heterocycles. The standard InChI is InChI=1S/C19H28F3N5O7S/c1-4-12(14(28)15-25-17(34-26-15)19(20,21)22)23-16(29)13(10-35(31,32)9-11(2)3)24-18(30)27-5-7-33-8-6-27/h11-13H,4-10H2,1-3H3,(H,23,29)(H,24,30). The second-order valence-electron chi connectivity index (χ2n) is 8.33. The molecule has 2 unspecified atom stereocenters. The van der Waals surface area contributed by atoms with E-state index >= 15 is 0 Å². The van der Waals surface area contributed by atoms with Gasteiger partial charge in [0.05, 0.1) is 30.8 Å². The molecule has 1 aromatic rings. The summed E-state index contributed by atoms with van der Waals surface area (Å²) < 4.78 is 72.4. The quantitative estimate of drug-likeness (QED) is 0.416. The molecule has 16 heteroatoms. The highest BCUT2D eigenvalue weighted by atomic mass is 32.2. The average Bonchev–Trinajstić information content (AvgIpc) is 3.27. The molecule has 1 aliphatic rings. The summed E-state index contributed by atoms with van der Waals surface area (Å²) in [7, 11) is -3.80. The lowest BCUT2D eigenvalue weighted by Crippen LogP contribution is -2.57. The Morgan fingerprint density at radius 2 is 1.71 bits per heavy atom. The normalized spacial score (nSPS) is 16.6. The number of morpholine rings is 1. The van der Waals surface area contributed by atoms with Crippen molar-refractivity contribution < 1.29 is 45.2 Å². The fourth-order valence-electron chi connectivity index (χ4n) is 3.24. The van der Waals surface area contributed by atoms with Crippen molar-refractivity contribution in [2.45, 2.75) is 45.5 Å². The number of Topliss-reactive ketones (excluding diaryl/α,β-unsaturated/α-hetero) is 1. The summed E-state index contributed by atoms with van der Waals surface area (Å²) in [4.78, 5) is 42.5. The van der Waals surface area contributed by atoms with E-state index in [1.165, 1.54) is 11.8 Å². The van der Waals surface area contributed by atoms with Crippen LogP contribution < -0.4 is 10.6 Å². The van der Waals surface area contributed by atoms with Crippen molar-refractivity contribution >= 4 is 27.6 Å². The van der Waals surface area contributed by atoms with E-state index in [2.05, 4.69) is 25.3 Å². The van der Waals surface area contributed by atoms with Crippen LogP contribution in [0.15, 0.2) is 4.52 Å². The van der Waals surface area contributed by atoms with Crippen molar-refractivity contribution in [3.05, 3.63) is 11.7 Å². The van der Waals surface area contributed by atoms with E-state index in [9.17, 15) is 36.0 Å². The molecule has 2 N–H and O–H groups in total. The Morgan fingerprint density at radius 3 is 2.23 bits per heavy atom. The highest BCUT2D eigenvalue weighted by molar-refractivity contribution is 7.91. The number of ether oxygens (including phenoxy) is 1. The number of ketones is 1. The van der Waals surface area contributed by atoms with Crippen molar-refractivity contribution in [1.82, 2.24) is 25.7 Å². The predicted octanol–water partition coefficient (Wildman–Crippen LogP) is 0.647. The van der Waals surface area contributed by atoms with Crippen molar-refractivity contribution in [2.24, 2.45) is 5.92 Å². The maximum absolute atomic E-state index is 13.0. The Labute approximate surface area is 199 Å². The van der Waals surface area contributed by atoms with E-state index < -0.39 is 63.3 Å². The fourth-order valence-corrected chi connectivity index (χ4v) is 5.13. The summed E-state index contributed by atoms with van der Waals surface area (Å²) in [5.41, 5.74) is 0. The van der Waals surface area contributed by atoms with Crippen molar-refractivity contribution in [3.63, 3.8) is 0 Å². The van der Waals surface area contributed by atoms with Gasteiger partial charge in [-0.3, -0.25) is 9.59 Å². The highest BCUT2D eigenvalue weighted by Gasteiger charge is 2.40. The molecule has 0 aromatic carbocycles. The third-order valence-electron chi connectivity index (χ3n) is 4.85. The van der Waals surface area contributed by atoms with E-state index in [0.717, 1.165) is 0 Å². The minimum Gasteiger partial charge on any atom is -0.378 e. The van der Waals surface area contributed by atoms with Gasteiger partial charge in [-0.25, -0.2) is 13.2 Å². The van der Waals surface area contributed by atoms with Gasteiger partial charge in [0.1, 0.15) is 6.04 Å². The summed E-state index contributed by atoms with van der Waals surface area (Å²) in [6.45, 7) is 5.81. The number of nitrogens with zero attached hydrogens (tertiary/aromatic N) is 3. The van der Waals surface area contributed by atoms with Crippen LogP contribution in [0.2, 0.25) is 0 Å². The van der Waals surface area contributed by atoms with Gasteiger partial charge in [-0.2, -0.15) is 18.2 Å². The van der Waals surface area contributed by atoms with Crippen molar-refractivity contribution in [2.75, 3.05) is 37.8 Å². The van der Waals surface area contributed by atoms with Crippen LogP contribution in [-0.4, -0.2) is 91.1 Å². The third-order valence-corrected chi connectivity index (χ3v) is 6.87. The zero-order valence-corrected chi connectivity index (χ0v) is 20.2. The maximum atomic E-state index is 13.0. The number of nitrogens with one attached hydrogen (secondary N) is 2. The predicted molar refractivity (Wildman–Crippen MR) is 114 cm³/mol. The van der Waals surface area contributed by atoms with Crippen molar-refractivity contribution in [1.29, 1.82) is 0 Å². The number of alkyl halides is 3. The molecule has 3 amide bonds. The van der Waals surface area contributed by atoms with Gasteiger partial charge in [-0.1, -0.05) is 25.9 Å². The number of urea groups is 1. The first-order valence-corrected chi connectivity index (χ1v) is 12.6. The first-order valence-electron chi connectivity index (χ1n) is 10.8. The van der Waals surface area contributed by atoms with Crippen LogP contribution in [0.25, 0.3) is 0 Å². The number of sulfone groups is 1. The number of hydrogen-bond donors (Lipinski definition) is 2. The Hall–Kier alpha value is -2.75. The monoisotopic (exact) mass is 527 g/mol. The number of halogens is 3. The zero-order valence-electron chi connectivity index (χ0n) is 19.4. The molecule has 2 heterocycles. The molecule has 198 valence electrons. The van der Waals surface area contributed by atoms with E-state index in [4.69, 9.17) is 4.74 Å². The molecule has 0 saturated carbocycles. The molecule has 0 spiro atoms. The topological polar surface area (TPSA) is 161 Å². The Kier molecular flexibility index (Phi) is 9.60. The second kappa shape index (κ2) is 11.8. The van der Waals surface area contributed by atoms with Gasteiger partial charge in [0, 0.05) is 13.1 Å². The smallest absolute Gasteiger partial charge is 0.378 e. The van der Waals surface area contributed by atoms with Crippen LogP contribution >= 0.6 is 0 Å². The second-order valence-corrected chi connectivity index (χ2v) is 10.5. The largest absolute Gasteiger partial charge is 0.471 e. The third kappa shape index (κ3) is 8.45. The lowest BCUT2D eigenvalue weighted by molar-refractivity contribution is -0.159. The van der Waals surface area contributed by atoms with E-state index in [-0.39, 0.29) is 44.4 Å². The average molecular weight is 528 g/mol. The first kappa shape index (κ1) is 28.5. The van der Waals surface area contributed by atoms with Gasteiger partial charge < -0.3 is 24.8 Å². The molecule has 2 atom stereocenters. The Balaban J connectivity index is 2.20. The lowest BCUT2D eigenvalue weighted by Gasteiger charge is -2.29. The molecule has 35 heavy (non-hydrogen) atoms. The maximum Gasteiger partial charge on any atom is 0.471 e. The lowest BCUT2D eigenvalue weighted by atomic mass is 10.1. The zero-order chi connectivity index (χ0) is 26.4. The van der Waals surface area contributed by atoms with E-state index in [0.29, 0.717) is 0 Å². The minimum atomic E-state index is -4.96. The summed E-state index contributed by atoms with van der Waals surface area (Å²) in [5, 5.41) is 7.68. The van der Waals surface area contributed by atoms with Gasteiger partial charge >= 0.3 is 18.1 Å². The molecule has 0 bridgehead atoms. The molecular weight excluding hydrogens is 499 g/mol. The van der Waals surface area contributed by atoms with Crippen LogP contribution in [0.1, 0.15) is 43.7 Å². The first-order chi connectivity index (χ1) is 16.2. The Bertz CT molecular complexity index is 1010. The molecule has 0 aliphatic carbocycles. The molecule has 12 nitrogen and oxygen atoms in total. The van der Waals surface area contributed by atoms with Crippen molar-refractivity contribution in [3.8, 4) is 0 Å². The molecule has 1 aromatic heterocycles. The summed E-state index contributed by atoms with van der Waals surface area (Å²) >= 11 is 0. The Morgan fingerprint density at radius 1 is 1.09 bits per heavy atom. The highest BCUT2D eigenvalue weighted by Crippen LogP contribution is 2.27. The number of carbonyl (C=O) groups is 3. The number of amides is 3. The van der Waals surface area contributed by atoms with Crippen LogP contribution in [0.4, 0.5) is 18.0 Å². The van der Waals surface area contributed by atoms with Gasteiger partial charge in [0.25, 0.3) is 0 Å². The van der Waals surface area contributed by atoms with Crippen LogP contribution in [0.5, 0.6) is 0 Å². The molecule has 1 fully saturated rings. The number of rotatable bonds is 10. The SMILES string of the molecule is CCC(NC(=O)C(CS(=O)(=O)CC(C)C)NC(=O)N1CCOCC1)C(=O)c1noc(C(F)(F)F)n1. The van der Waals surface area contributed by atoms with Gasteiger partial charge in [-0.05, 0) is 12.3 Å². The van der Waals surface area contributed by atoms with Crippen LogP contribution in [0, 0.1) is 5.92 Å². The summed E-state index contributed by atoms with van der Waals surface area (Å²) in [6, 6.07) is -3.65. The van der Waals surface area contributed by atoms with Gasteiger partial charge in [-0.15, -0.1) is 0 Å². The molecular formula is C19H28F3N5O7S. The molecule has 0 radical (unpaired) electrons. The van der Waals surface area contributed by atoms with Gasteiger partial charge in [0.15, 0.2) is 9.84 Å². The fraction of sp³-hybridized carbons (Fsp3) is 0.737. The molecule has 1 saturated heterocycles. The summed E-state index contributed by atoms with van der Waals surface area (Å²) in [6.07, 6.45) is -5.04. The van der Waals surface area contributed by atoms with Crippen LogP contribution in [-0.2, 0) is 25.5 Å². The number of carbonyl (C=O) groups excluding carboxylic acids is 3. The van der Waals surface area contributed by atoms with Crippen LogP contribution in [0.3, 0.4) is 0 Å². The number of aromatic nitrogens is 2. The minimum absolute atomic E-state index is 0.0800. The van der Waals surface area contributed by atoms with E-state index in [1.54, 1.807) is 13.8 Å². The number of hydrogen-bond acceptors (Lipinski definition) is 9. The van der Waals surface area contributed by atoms with E-state index in [1.807, 2.05) is 0 Å². The molecule has 2 rings (SSSR count).